The van der Waals surface area contributed by atoms with Gasteiger partial charge in [-0.1, -0.05) is 11.6 Å². The Balaban J connectivity index is 2.03. The minimum Gasteiger partial charge on any atom is -0.450 e. The maximum absolute atomic E-state index is 12.5. The molecule has 0 radical (unpaired) electrons. The van der Waals surface area contributed by atoms with E-state index in [0.29, 0.717) is 36.8 Å². The van der Waals surface area contributed by atoms with Crippen molar-refractivity contribution in [2.45, 2.75) is 39.3 Å². The topological polar surface area (TPSA) is 83.7 Å². The number of carbonyl (C=O) groups is 2. The fourth-order valence-corrected chi connectivity index (χ4v) is 3.04. The summed E-state index contributed by atoms with van der Waals surface area (Å²) in [7, 11) is 1.57. The molecule has 0 bridgehead atoms. The van der Waals surface area contributed by atoms with Crippen molar-refractivity contribution in [3.63, 3.8) is 0 Å². The number of carbonyl (C=O) groups excluding carboxylic acids is 2. The number of rotatable bonds is 4. The quantitative estimate of drug-likeness (QED) is 0.865. The standard InChI is InChI=1S/C16H24ClN3O4/c1-5-24-16(22)20-7-6-11(12(8-20)23-4)19-15(21)14-9(2)13(17)10(3)18-14/h11-12,18H,5-8H2,1-4H3,(H,19,21)/t11-,12+/m1/s1. The number of hydrogen-bond acceptors (Lipinski definition) is 4. The van der Waals surface area contributed by atoms with Crippen molar-refractivity contribution in [3.05, 3.63) is 22.0 Å². The van der Waals surface area contributed by atoms with Crippen LogP contribution in [0.4, 0.5) is 4.79 Å². The molecular weight excluding hydrogens is 334 g/mol. The first-order valence-corrected chi connectivity index (χ1v) is 8.36. The normalized spacial score (nSPS) is 20.8. The second-order valence-electron chi connectivity index (χ2n) is 5.85. The SMILES string of the molecule is CCOC(=O)N1CC[C@@H](NC(=O)c2[nH]c(C)c(Cl)c2C)[C@@H](OC)C1. The summed E-state index contributed by atoms with van der Waals surface area (Å²) < 4.78 is 10.5. The molecule has 1 aliphatic heterocycles. The van der Waals surface area contributed by atoms with Gasteiger partial charge in [0.15, 0.2) is 0 Å². The molecule has 1 aliphatic rings. The highest BCUT2D eigenvalue weighted by atomic mass is 35.5. The van der Waals surface area contributed by atoms with Crippen molar-refractivity contribution in [2.75, 3.05) is 26.8 Å². The summed E-state index contributed by atoms with van der Waals surface area (Å²) in [5.41, 5.74) is 1.95. The van der Waals surface area contributed by atoms with Crippen molar-refractivity contribution < 1.29 is 19.1 Å². The van der Waals surface area contributed by atoms with Crippen LogP contribution in [0.2, 0.25) is 5.02 Å². The number of aromatic amines is 1. The molecule has 2 atom stereocenters. The highest BCUT2D eigenvalue weighted by Crippen LogP contribution is 2.23. The highest BCUT2D eigenvalue weighted by molar-refractivity contribution is 6.32. The lowest BCUT2D eigenvalue weighted by atomic mass is 10.0. The van der Waals surface area contributed by atoms with Crippen LogP contribution in [0, 0.1) is 13.8 Å². The smallest absolute Gasteiger partial charge is 0.409 e. The summed E-state index contributed by atoms with van der Waals surface area (Å²) in [6.07, 6.45) is -0.0545. The predicted molar refractivity (Wildman–Crippen MR) is 90.5 cm³/mol. The molecule has 1 fully saturated rings. The second-order valence-corrected chi connectivity index (χ2v) is 6.23. The van der Waals surface area contributed by atoms with Crippen molar-refractivity contribution in [1.29, 1.82) is 0 Å². The molecule has 2 amide bonds. The number of H-pyrrole nitrogens is 1. The molecule has 1 aromatic rings. The number of nitrogens with zero attached hydrogens (tertiary/aromatic N) is 1. The summed E-state index contributed by atoms with van der Waals surface area (Å²) in [6, 6.07) is -0.185. The van der Waals surface area contributed by atoms with Crippen LogP contribution in [0.5, 0.6) is 0 Å². The van der Waals surface area contributed by atoms with Crippen LogP contribution in [0.25, 0.3) is 0 Å². The van der Waals surface area contributed by atoms with Gasteiger partial charge in [0.1, 0.15) is 5.69 Å². The number of piperidine rings is 1. The Kier molecular flexibility index (Phi) is 6.12. The van der Waals surface area contributed by atoms with Crippen LogP contribution in [-0.2, 0) is 9.47 Å². The number of nitrogens with one attached hydrogen (secondary N) is 2. The molecule has 0 aromatic carbocycles. The Morgan fingerprint density at radius 2 is 2.12 bits per heavy atom. The lowest BCUT2D eigenvalue weighted by Crippen LogP contribution is -2.56. The molecule has 2 N–H and O–H groups in total. The molecule has 8 heteroatoms. The molecule has 0 spiro atoms. The lowest BCUT2D eigenvalue weighted by molar-refractivity contribution is 0.00449. The van der Waals surface area contributed by atoms with Gasteiger partial charge in [-0.15, -0.1) is 0 Å². The van der Waals surface area contributed by atoms with Gasteiger partial charge < -0.3 is 24.7 Å². The van der Waals surface area contributed by atoms with Gasteiger partial charge in [0, 0.05) is 19.3 Å². The maximum Gasteiger partial charge on any atom is 0.409 e. The minimum atomic E-state index is -0.355. The fraction of sp³-hybridized carbons (Fsp3) is 0.625. The Hall–Kier alpha value is -1.73. The predicted octanol–water partition coefficient (Wildman–Crippen LogP) is 2.26. The summed E-state index contributed by atoms with van der Waals surface area (Å²) in [6.45, 7) is 6.61. The Labute approximate surface area is 146 Å². The molecule has 1 saturated heterocycles. The number of hydrogen-bond donors (Lipinski definition) is 2. The summed E-state index contributed by atoms with van der Waals surface area (Å²) >= 11 is 6.13. The lowest BCUT2D eigenvalue weighted by Gasteiger charge is -2.37. The van der Waals surface area contributed by atoms with E-state index in [4.69, 9.17) is 21.1 Å². The van der Waals surface area contributed by atoms with Crippen molar-refractivity contribution >= 4 is 23.6 Å². The second kappa shape index (κ2) is 7.90. The van der Waals surface area contributed by atoms with Gasteiger partial charge >= 0.3 is 6.09 Å². The van der Waals surface area contributed by atoms with E-state index in [-0.39, 0.29) is 24.1 Å². The first-order valence-electron chi connectivity index (χ1n) is 7.99. The van der Waals surface area contributed by atoms with Crippen LogP contribution >= 0.6 is 11.6 Å². The zero-order chi connectivity index (χ0) is 17.9. The Morgan fingerprint density at radius 1 is 1.42 bits per heavy atom. The zero-order valence-corrected chi connectivity index (χ0v) is 15.2. The number of methoxy groups -OCH3 is 1. The highest BCUT2D eigenvalue weighted by Gasteiger charge is 2.33. The molecule has 0 unspecified atom stereocenters. The molecule has 1 aromatic heterocycles. The molecule has 134 valence electrons. The Bertz CT molecular complexity index is 617. The number of amides is 2. The molecule has 2 rings (SSSR count). The monoisotopic (exact) mass is 357 g/mol. The van der Waals surface area contributed by atoms with E-state index in [2.05, 4.69) is 10.3 Å². The third-order valence-electron chi connectivity index (χ3n) is 4.28. The first kappa shape index (κ1) is 18.6. The number of likely N-dealkylation sites (tertiary alicyclic amines) is 1. The van der Waals surface area contributed by atoms with Gasteiger partial charge in [-0.25, -0.2) is 4.79 Å². The molecule has 0 saturated carbocycles. The van der Waals surface area contributed by atoms with Gasteiger partial charge in [-0.3, -0.25) is 4.79 Å². The Morgan fingerprint density at radius 3 is 2.67 bits per heavy atom. The first-order chi connectivity index (χ1) is 11.4. The van der Waals surface area contributed by atoms with E-state index >= 15 is 0 Å². The summed E-state index contributed by atoms with van der Waals surface area (Å²) in [5.74, 6) is -0.223. The van der Waals surface area contributed by atoms with Crippen LogP contribution in [0.15, 0.2) is 0 Å². The van der Waals surface area contributed by atoms with E-state index in [0.717, 1.165) is 11.3 Å². The van der Waals surface area contributed by atoms with Gasteiger partial charge in [-0.2, -0.15) is 0 Å². The van der Waals surface area contributed by atoms with Gasteiger partial charge in [0.25, 0.3) is 5.91 Å². The average Bonchev–Trinajstić information content (AvgIpc) is 2.83. The molecule has 7 nitrogen and oxygen atoms in total. The van der Waals surface area contributed by atoms with Crippen molar-refractivity contribution in [3.8, 4) is 0 Å². The van der Waals surface area contributed by atoms with E-state index in [1.165, 1.54) is 0 Å². The maximum atomic E-state index is 12.5. The number of aryl methyl sites for hydroxylation is 1. The number of halogens is 1. The largest absolute Gasteiger partial charge is 0.450 e. The van der Waals surface area contributed by atoms with Gasteiger partial charge in [-0.05, 0) is 32.8 Å². The van der Waals surface area contributed by atoms with E-state index < -0.39 is 0 Å². The minimum absolute atomic E-state index is 0.185. The van der Waals surface area contributed by atoms with Crippen LogP contribution < -0.4 is 5.32 Å². The fourth-order valence-electron chi connectivity index (χ4n) is 2.90. The third-order valence-corrected chi connectivity index (χ3v) is 4.84. The third kappa shape index (κ3) is 3.84. The van der Waals surface area contributed by atoms with Crippen LogP contribution in [-0.4, -0.2) is 60.8 Å². The molecular formula is C16H24ClN3O4. The van der Waals surface area contributed by atoms with Gasteiger partial charge in [0.2, 0.25) is 0 Å². The summed E-state index contributed by atoms with van der Waals surface area (Å²) in [5, 5.41) is 3.55. The average molecular weight is 358 g/mol. The molecule has 24 heavy (non-hydrogen) atoms. The number of aromatic nitrogens is 1. The molecule has 0 aliphatic carbocycles. The van der Waals surface area contributed by atoms with E-state index in [1.54, 1.807) is 25.9 Å². The van der Waals surface area contributed by atoms with E-state index in [1.807, 2.05) is 6.92 Å². The van der Waals surface area contributed by atoms with Crippen molar-refractivity contribution in [2.24, 2.45) is 0 Å². The van der Waals surface area contributed by atoms with Crippen LogP contribution in [0.3, 0.4) is 0 Å². The van der Waals surface area contributed by atoms with Crippen LogP contribution in [0.1, 0.15) is 35.1 Å². The van der Waals surface area contributed by atoms with E-state index in [9.17, 15) is 9.59 Å². The number of ether oxygens (including phenoxy) is 2. The summed E-state index contributed by atoms with van der Waals surface area (Å²) in [4.78, 5) is 29.0. The van der Waals surface area contributed by atoms with Gasteiger partial charge in [0.05, 0.1) is 30.3 Å². The molecule has 2 heterocycles. The van der Waals surface area contributed by atoms with Crippen molar-refractivity contribution in [1.82, 2.24) is 15.2 Å². The zero-order valence-electron chi connectivity index (χ0n) is 14.4.